The van der Waals surface area contributed by atoms with Crippen LogP contribution in [0.15, 0.2) is 24.3 Å². The monoisotopic (exact) mass is 446 g/mol. The van der Waals surface area contributed by atoms with E-state index >= 15 is 0 Å². The van der Waals surface area contributed by atoms with Gasteiger partial charge in [0.25, 0.3) is 5.91 Å². The first-order valence-corrected chi connectivity index (χ1v) is 10.7. The second kappa shape index (κ2) is 9.86. The number of hydroxylamine groups is 1. The molecule has 2 rings (SSSR count). The van der Waals surface area contributed by atoms with Gasteiger partial charge in [0.05, 0.1) is 13.7 Å². The van der Waals surface area contributed by atoms with Gasteiger partial charge in [-0.25, -0.2) is 10.0 Å². The van der Waals surface area contributed by atoms with E-state index < -0.39 is 50.3 Å². The molecule has 1 unspecified atom stereocenters. The Kier molecular flexibility index (Phi) is 7.98. The fourth-order valence-electron chi connectivity index (χ4n) is 2.71. The van der Waals surface area contributed by atoms with Crippen molar-refractivity contribution in [3.8, 4) is 5.75 Å². The van der Waals surface area contributed by atoms with Crippen molar-refractivity contribution >= 4 is 19.6 Å². The fraction of sp³-hybridized carbons (Fsp3) is 0.556. The van der Waals surface area contributed by atoms with Crippen LogP contribution in [0.25, 0.3) is 0 Å². The van der Waals surface area contributed by atoms with Gasteiger partial charge in [-0.15, -0.1) is 0 Å². The van der Waals surface area contributed by atoms with E-state index in [2.05, 4.69) is 9.82 Å². The third-order valence-electron chi connectivity index (χ3n) is 4.11. The summed E-state index contributed by atoms with van der Waals surface area (Å²) in [6.07, 6.45) is -2.21. The van der Waals surface area contributed by atoms with Crippen molar-refractivity contribution in [1.82, 2.24) is 10.6 Å². The highest BCUT2D eigenvalue weighted by Crippen LogP contribution is 2.46. The molecule has 1 aliphatic rings. The van der Waals surface area contributed by atoms with E-state index in [4.69, 9.17) is 23.7 Å². The number of ether oxygens (including phenoxy) is 3. The van der Waals surface area contributed by atoms with E-state index in [1.165, 1.54) is 19.5 Å². The van der Waals surface area contributed by atoms with Gasteiger partial charge in [-0.1, -0.05) is 17.7 Å². The molecule has 12 heteroatoms. The van der Waals surface area contributed by atoms with Crippen LogP contribution in [0.1, 0.15) is 26.3 Å². The first-order chi connectivity index (χ1) is 14.0. The molecule has 0 aliphatic carbocycles. The summed E-state index contributed by atoms with van der Waals surface area (Å²) in [5.41, 5.74) is 2.46. The standard InChI is InChI=1S/C18H27N2O9P/c1-11-6-8-13(9-7-11)29-30(24,20-12(2)17(22)25-5)26-10-14-15(16(21)19-23)28-18(3,4)27-14/h6-9,12,14-15,23H,10H2,1-5H3,(H,19,21)(H,20,24)/t12-,14+,15+,30?/m0/s1. The van der Waals surface area contributed by atoms with Crippen LogP contribution in [0, 0.1) is 6.92 Å². The van der Waals surface area contributed by atoms with Crippen molar-refractivity contribution in [2.45, 2.75) is 51.7 Å². The average molecular weight is 446 g/mol. The Morgan fingerprint density at radius 3 is 2.47 bits per heavy atom. The molecule has 0 bridgehead atoms. The van der Waals surface area contributed by atoms with E-state index in [-0.39, 0.29) is 5.75 Å². The molecule has 11 nitrogen and oxygen atoms in total. The molecular weight excluding hydrogens is 419 g/mol. The summed E-state index contributed by atoms with van der Waals surface area (Å²) in [7, 11) is -2.93. The van der Waals surface area contributed by atoms with Gasteiger partial charge in [-0.2, -0.15) is 5.09 Å². The topological polar surface area (TPSA) is 142 Å². The van der Waals surface area contributed by atoms with Gasteiger partial charge >= 0.3 is 13.7 Å². The molecule has 1 heterocycles. The van der Waals surface area contributed by atoms with Crippen LogP contribution >= 0.6 is 7.75 Å². The average Bonchev–Trinajstić information content (AvgIpc) is 3.01. The summed E-state index contributed by atoms with van der Waals surface area (Å²) in [6.45, 7) is 6.06. The molecule has 1 aromatic rings. The third-order valence-corrected chi connectivity index (χ3v) is 5.76. The van der Waals surface area contributed by atoms with Gasteiger partial charge in [0.2, 0.25) is 0 Å². The minimum absolute atomic E-state index is 0.238. The fourth-order valence-corrected chi connectivity index (χ4v) is 4.21. The Bertz CT molecular complexity index is 799. The first kappa shape index (κ1) is 24.3. The van der Waals surface area contributed by atoms with Gasteiger partial charge in [0, 0.05) is 0 Å². The Morgan fingerprint density at radius 1 is 1.27 bits per heavy atom. The van der Waals surface area contributed by atoms with Crippen LogP contribution in [0.5, 0.6) is 5.75 Å². The highest BCUT2D eigenvalue weighted by atomic mass is 31.2. The lowest BCUT2D eigenvalue weighted by Crippen LogP contribution is -2.42. The van der Waals surface area contributed by atoms with Crippen LogP contribution in [0.4, 0.5) is 0 Å². The zero-order valence-electron chi connectivity index (χ0n) is 17.4. The van der Waals surface area contributed by atoms with Gasteiger partial charge in [-0.3, -0.25) is 19.3 Å². The molecule has 1 amide bonds. The van der Waals surface area contributed by atoms with Crippen LogP contribution in [-0.2, 0) is 32.9 Å². The lowest BCUT2D eigenvalue weighted by atomic mass is 10.2. The van der Waals surface area contributed by atoms with Gasteiger partial charge < -0.3 is 18.7 Å². The zero-order chi connectivity index (χ0) is 22.5. The molecule has 168 valence electrons. The van der Waals surface area contributed by atoms with Crippen molar-refractivity contribution in [3.05, 3.63) is 29.8 Å². The van der Waals surface area contributed by atoms with Crippen LogP contribution < -0.4 is 15.1 Å². The van der Waals surface area contributed by atoms with Gasteiger partial charge in [-0.05, 0) is 39.8 Å². The lowest BCUT2D eigenvalue weighted by molar-refractivity contribution is -0.160. The van der Waals surface area contributed by atoms with Crippen molar-refractivity contribution in [3.63, 3.8) is 0 Å². The zero-order valence-corrected chi connectivity index (χ0v) is 18.3. The summed E-state index contributed by atoms with van der Waals surface area (Å²) < 4.78 is 40.0. The molecule has 0 saturated carbocycles. The number of nitrogens with one attached hydrogen (secondary N) is 2. The number of carbonyl (C=O) groups is 2. The number of hydrogen-bond donors (Lipinski definition) is 3. The lowest BCUT2D eigenvalue weighted by Gasteiger charge is -2.24. The van der Waals surface area contributed by atoms with E-state index in [1.54, 1.807) is 38.1 Å². The number of aryl methyl sites for hydroxylation is 1. The Morgan fingerprint density at radius 2 is 1.90 bits per heavy atom. The van der Waals surface area contributed by atoms with Crippen molar-refractivity contribution in [1.29, 1.82) is 0 Å². The Hall–Kier alpha value is -2.01. The van der Waals surface area contributed by atoms with Gasteiger partial charge in [0.15, 0.2) is 11.9 Å². The van der Waals surface area contributed by atoms with Crippen LogP contribution in [0.2, 0.25) is 0 Å². The largest absolute Gasteiger partial charge is 0.468 e. The Balaban J connectivity index is 2.19. The molecule has 30 heavy (non-hydrogen) atoms. The molecule has 0 aromatic heterocycles. The molecule has 1 saturated heterocycles. The summed E-state index contributed by atoms with van der Waals surface area (Å²) in [4.78, 5) is 23.6. The summed E-state index contributed by atoms with van der Waals surface area (Å²) in [5.74, 6) is -2.42. The smallest absolute Gasteiger partial charge is 0.459 e. The number of hydrogen-bond acceptors (Lipinski definition) is 9. The van der Waals surface area contributed by atoms with Crippen molar-refractivity contribution in [2.75, 3.05) is 13.7 Å². The normalized spacial score (nSPS) is 23.3. The Labute approximate surface area is 174 Å². The van der Waals surface area contributed by atoms with Crippen LogP contribution in [0.3, 0.4) is 0 Å². The number of carbonyl (C=O) groups excluding carboxylic acids is 2. The minimum atomic E-state index is -4.12. The van der Waals surface area contributed by atoms with E-state index in [1.807, 2.05) is 6.92 Å². The number of rotatable bonds is 9. The SMILES string of the molecule is COC(=O)[C@H](C)NP(=O)(OC[C@H]1OC(C)(C)O[C@H]1C(=O)NO)Oc1ccc(C)cc1. The number of methoxy groups -OCH3 is 1. The minimum Gasteiger partial charge on any atom is -0.468 e. The highest BCUT2D eigenvalue weighted by molar-refractivity contribution is 7.52. The van der Waals surface area contributed by atoms with E-state index in [0.29, 0.717) is 0 Å². The maximum atomic E-state index is 13.4. The molecule has 0 spiro atoms. The molecular formula is C18H27N2O9P. The second-order valence-electron chi connectivity index (χ2n) is 7.14. The van der Waals surface area contributed by atoms with E-state index in [9.17, 15) is 14.2 Å². The molecule has 4 atom stereocenters. The summed E-state index contributed by atoms with van der Waals surface area (Å²) in [6, 6.07) is 5.68. The summed E-state index contributed by atoms with van der Waals surface area (Å²) >= 11 is 0. The molecule has 1 fully saturated rings. The van der Waals surface area contributed by atoms with Crippen molar-refractivity contribution in [2.24, 2.45) is 0 Å². The first-order valence-electron chi connectivity index (χ1n) is 9.14. The highest BCUT2D eigenvalue weighted by Gasteiger charge is 2.46. The predicted molar refractivity (Wildman–Crippen MR) is 104 cm³/mol. The van der Waals surface area contributed by atoms with Crippen molar-refractivity contribution < 1.29 is 42.6 Å². The summed E-state index contributed by atoms with van der Waals surface area (Å²) in [5, 5.41) is 11.4. The molecule has 1 aliphatic heterocycles. The van der Waals surface area contributed by atoms with Crippen LogP contribution in [-0.4, -0.2) is 54.8 Å². The number of amides is 1. The number of esters is 1. The quantitative estimate of drug-likeness (QED) is 0.222. The molecule has 3 N–H and O–H groups in total. The molecule has 1 aromatic carbocycles. The number of benzene rings is 1. The molecule has 0 radical (unpaired) electrons. The second-order valence-corrected chi connectivity index (χ2v) is 8.84. The van der Waals surface area contributed by atoms with Gasteiger partial charge in [0.1, 0.15) is 17.9 Å². The van der Waals surface area contributed by atoms with E-state index in [0.717, 1.165) is 5.56 Å². The maximum absolute atomic E-state index is 13.4. The maximum Gasteiger partial charge on any atom is 0.459 e. The predicted octanol–water partition coefficient (Wildman–Crippen LogP) is 1.68. The third kappa shape index (κ3) is 6.49.